The standard InChI is InChI=1S/C21H20FN3O3/c22-17-8-5-14(12-23)10-16(17)15-6-3-13(4-7-15)11-19(21(27)28)25-20(26)18-2-1-9-24-18/h3-8,10,18-19,24H,1-2,9,11H2,(H,25,26)(H,27,28)/t18-,19-/m0/s1. The van der Waals surface area contributed by atoms with Crippen LogP contribution in [0.4, 0.5) is 4.39 Å². The van der Waals surface area contributed by atoms with Crippen molar-refractivity contribution in [1.29, 1.82) is 5.26 Å². The van der Waals surface area contributed by atoms with E-state index in [1.54, 1.807) is 24.3 Å². The largest absolute Gasteiger partial charge is 0.480 e. The van der Waals surface area contributed by atoms with Crippen molar-refractivity contribution in [2.75, 3.05) is 6.54 Å². The summed E-state index contributed by atoms with van der Waals surface area (Å²) in [6, 6.07) is 11.5. The van der Waals surface area contributed by atoms with Crippen LogP contribution in [0.25, 0.3) is 11.1 Å². The second-order valence-corrected chi connectivity index (χ2v) is 6.76. The van der Waals surface area contributed by atoms with Gasteiger partial charge in [0.25, 0.3) is 0 Å². The number of carbonyl (C=O) groups is 2. The van der Waals surface area contributed by atoms with E-state index in [0.717, 1.165) is 13.0 Å². The summed E-state index contributed by atoms with van der Waals surface area (Å²) >= 11 is 0. The Labute approximate surface area is 162 Å². The maximum absolute atomic E-state index is 14.1. The van der Waals surface area contributed by atoms with Crippen LogP contribution in [0.2, 0.25) is 0 Å². The number of carbonyl (C=O) groups excluding carboxylic acids is 1. The summed E-state index contributed by atoms with van der Waals surface area (Å²) in [5, 5.41) is 24.0. The molecule has 144 valence electrons. The Hall–Kier alpha value is -3.24. The number of carboxylic acid groups (broad SMARTS) is 1. The van der Waals surface area contributed by atoms with E-state index >= 15 is 0 Å². The normalized spacial score (nSPS) is 16.9. The van der Waals surface area contributed by atoms with E-state index < -0.39 is 17.8 Å². The SMILES string of the molecule is N#Cc1ccc(F)c(-c2ccc(C[C@H](NC(=O)[C@@H]3CCCN3)C(=O)O)cc2)c1. The van der Waals surface area contributed by atoms with Gasteiger partial charge in [-0.25, -0.2) is 9.18 Å². The van der Waals surface area contributed by atoms with Gasteiger partial charge in [0, 0.05) is 12.0 Å². The zero-order valence-electron chi connectivity index (χ0n) is 15.1. The van der Waals surface area contributed by atoms with Crippen molar-refractivity contribution in [3.05, 3.63) is 59.4 Å². The van der Waals surface area contributed by atoms with Crippen LogP contribution in [0.1, 0.15) is 24.0 Å². The van der Waals surface area contributed by atoms with Crippen molar-refractivity contribution in [1.82, 2.24) is 10.6 Å². The smallest absolute Gasteiger partial charge is 0.326 e. The van der Waals surface area contributed by atoms with Gasteiger partial charge in [0.2, 0.25) is 5.91 Å². The lowest BCUT2D eigenvalue weighted by Gasteiger charge is -2.18. The van der Waals surface area contributed by atoms with E-state index in [9.17, 15) is 19.1 Å². The molecule has 2 atom stereocenters. The number of nitrogens with one attached hydrogen (secondary N) is 2. The van der Waals surface area contributed by atoms with Crippen LogP contribution in [0.15, 0.2) is 42.5 Å². The number of rotatable bonds is 6. The van der Waals surface area contributed by atoms with Crippen molar-refractivity contribution in [2.45, 2.75) is 31.3 Å². The van der Waals surface area contributed by atoms with E-state index in [1.165, 1.54) is 18.2 Å². The second-order valence-electron chi connectivity index (χ2n) is 6.76. The minimum Gasteiger partial charge on any atom is -0.480 e. The van der Waals surface area contributed by atoms with Crippen molar-refractivity contribution >= 4 is 11.9 Å². The first kappa shape index (κ1) is 19.5. The highest BCUT2D eigenvalue weighted by molar-refractivity contribution is 5.87. The maximum atomic E-state index is 14.1. The number of hydrogen-bond donors (Lipinski definition) is 3. The van der Waals surface area contributed by atoms with Crippen molar-refractivity contribution in [3.63, 3.8) is 0 Å². The van der Waals surface area contributed by atoms with Gasteiger partial charge in [0.1, 0.15) is 11.9 Å². The quantitative estimate of drug-likeness (QED) is 0.712. The van der Waals surface area contributed by atoms with Crippen LogP contribution in [0.3, 0.4) is 0 Å². The first-order chi connectivity index (χ1) is 13.5. The molecule has 0 aromatic heterocycles. The van der Waals surface area contributed by atoms with Gasteiger partial charge >= 0.3 is 5.97 Å². The van der Waals surface area contributed by atoms with Gasteiger partial charge in [-0.2, -0.15) is 5.26 Å². The molecule has 3 N–H and O–H groups in total. The van der Waals surface area contributed by atoms with E-state index in [4.69, 9.17) is 5.26 Å². The van der Waals surface area contributed by atoms with Crippen molar-refractivity contribution < 1.29 is 19.1 Å². The lowest BCUT2D eigenvalue weighted by atomic mass is 9.99. The molecule has 28 heavy (non-hydrogen) atoms. The van der Waals surface area contributed by atoms with E-state index in [2.05, 4.69) is 10.6 Å². The highest BCUT2D eigenvalue weighted by Crippen LogP contribution is 2.24. The molecular weight excluding hydrogens is 361 g/mol. The van der Waals surface area contributed by atoms with Gasteiger partial charge in [0.15, 0.2) is 0 Å². The van der Waals surface area contributed by atoms with Crippen LogP contribution in [-0.4, -0.2) is 35.6 Å². The van der Waals surface area contributed by atoms with Crippen LogP contribution in [0, 0.1) is 17.1 Å². The molecule has 0 unspecified atom stereocenters. The third-order valence-electron chi connectivity index (χ3n) is 4.79. The third kappa shape index (κ3) is 4.53. The van der Waals surface area contributed by atoms with Gasteiger partial charge < -0.3 is 15.7 Å². The molecule has 1 heterocycles. The molecule has 0 aliphatic carbocycles. The molecule has 1 aliphatic rings. The average molecular weight is 381 g/mol. The Kier molecular flexibility index (Phi) is 6.02. The van der Waals surface area contributed by atoms with Crippen LogP contribution in [-0.2, 0) is 16.0 Å². The molecule has 1 saturated heterocycles. The molecule has 1 aliphatic heterocycles. The van der Waals surface area contributed by atoms with Crippen molar-refractivity contribution in [3.8, 4) is 17.2 Å². The van der Waals surface area contributed by atoms with Gasteiger partial charge in [0.05, 0.1) is 17.7 Å². The van der Waals surface area contributed by atoms with E-state index in [1.807, 2.05) is 6.07 Å². The van der Waals surface area contributed by atoms with E-state index in [-0.39, 0.29) is 18.4 Å². The number of halogens is 1. The van der Waals surface area contributed by atoms with Crippen LogP contribution < -0.4 is 10.6 Å². The number of aliphatic carboxylic acids is 1. The Bertz CT molecular complexity index is 915. The minimum absolute atomic E-state index is 0.120. The third-order valence-corrected chi connectivity index (χ3v) is 4.79. The van der Waals surface area contributed by atoms with Gasteiger partial charge in [-0.3, -0.25) is 4.79 Å². The summed E-state index contributed by atoms with van der Waals surface area (Å²) in [5.74, 6) is -1.86. The molecule has 2 aromatic rings. The summed E-state index contributed by atoms with van der Waals surface area (Å²) in [6.45, 7) is 0.751. The Morgan fingerprint density at radius 2 is 2.04 bits per heavy atom. The molecular formula is C21H20FN3O3. The molecule has 1 amide bonds. The fraction of sp³-hybridized carbons (Fsp3) is 0.286. The number of amides is 1. The molecule has 7 heteroatoms. The zero-order valence-corrected chi connectivity index (χ0v) is 15.1. The van der Waals surface area contributed by atoms with Crippen LogP contribution in [0.5, 0.6) is 0 Å². The predicted molar refractivity (Wildman–Crippen MR) is 101 cm³/mol. The maximum Gasteiger partial charge on any atom is 0.326 e. The van der Waals surface area contributed by atoms with Crippen LogP contribution >= 0.6 is 0 Å². The molecule has 0 radical (unpaired) electrons. The minimum atomic E-state index is -1.11. The molecule has 0 spiro atoms. The lowest BCUT2D eigenvalue weighted by Crippen LogP contribution is -2.49. The Morgan fingerprint density at radius 1 is 1.29 bits per heavy atom. The number of nitrogens with zero attached hydrogens (tertiary/aromatic N) is 1. The fourth-order valence-electron chi connectivity index (χ4n) is 3.25. The number of carboxylic acids is 1. The Morgan fingerprint density at radius 3 is 2.64 bits per heavy atom. The fourth-order valence-corrected chi connectivity index (χ4v) is 3.25. The second kappa shape index (κ2) is 8.63. The summed E-state index contributed by atoms with van der Waals surface area (Å²) in [7, 11) is 0. The molecule has 0 bridgehead atoms. The zero-order chi connectivity index (χ0) is 20.1. The first-order valence-electron chi connectivity index (χ1n) is 9.03. The number of benzene rings is 2. The number of hydrogen-bond acceptors (Lipinski definition) is 4. The summed E-state index contributed by atoms with van der Waals surface area (Å²) in [4.78, 5) is 23.7. The first-order valence-corrected chi connectivity index (χ1v) is 9.03. The highest BCUT2D eigenvalue weighted by Gasteiger charge is 2.27. The molecule has 3 rings (SSSR count). The molecule has 6 nitrogen and oxygen atoms in total. The summed E-state index contributed by atoms with van der Waals surface area (Å²) < 4.78 is 14.1. The monoisotopic (exact) mass is 381 g/mol. The molecule has 0 saturated carbocycles. The Balaban J connectivity index is 1.72. The van der Waals surface area contributed by atoms with Gasteiger partial charge in [-0.15, -0.1) is 0 Å². The summed E-state index contributed by atoms with van der Waals surface area (Å²) in [5.41, 5.74) is 1.95. The average Bonchev–Trinajstić information content (AvgIpc) is 3.23. The van der Waals surface area contributed by atoms with Gasteiger partial charge in [-0.1, -0.05) is 24.3 Å². The van der Waals surface area contributed by atoms with E-state index in [0.29, 0.717) is 28.7 Å². The highest BCUT2D eigenvalue weighted by atomic mass is 19.1. The molecule has 2 aromatic carbocycles. The lowest BCUT2D eigenvalue weighted by molar-refractivity contribution is -0.142. The summed E-state index contributed by atoms with van der Waals surface area (Å²) in [6.07, 6.45) is 1.70. The number of nitriles is 1. The van der Waals surface area contributed by atoms with Gasteiger partial charge in [-0.05, 0) is 48.7 Å². The molecule has 1 fully saturated rings. The topological polar surface area (TPSA) is 102 Å². The predicted octanol–water partition coefficient (Wildman–Crippen LogP) is 2.23. The van der Waals surface area contributed by atoms with Crippen molar-refractivity contribution in [2.24, 2.45) is 0 Å².